The number of hydrogen-bond acceptors (Lipinski definition) is 3. The monoisotopic (exact) mass is 326 g/mol. The predicted molar refractivity (Wildman–Crippen MR) is 93.2 cm³/mol. The molecule has 2 N–H and O–H groups in total. The third-order valence-electron chi connectivity index (χ3n) is 3.48. The third-order valence-corrected chi connectivity index (χ3v) is 3.48. The van der Waals surface area contributed by atoms with Gasteiger partial charge in [-0.25, -0.2) is 0 Å². The number of carbonyl (C=O) groups excluding carboxylic acids is 2. The molecular weight excluding hydrogens is 304 g/mol. The van der Waals surface area contributed by atoms with Crippen LogP contribution in [0.4, 0.5) is 0 Å². The van der Waals surface area contributed by atoms with Gasteiger partial charge in [0.05, 0.1) is 13.1 Å². The van der Waals surface area contributed by atoms with E-state index in [1.807, 2.05) is 50.2 Å². The molecule has 5 heteroatoms. The highest BCUT2D eigenvalue weighted by atomic mass is 16.5. The van der Waals surface area contributed by atoms with Crippen molar-refractivity contribution in [2.75, 3.05) is 19.7 Å². The Bertz CT molecular complexity index is 713. The van der Waals surface area contributed by atoms with Crippen LogP contribution in [0.1, 0.15) is 21.5 Å². The highest BCUT2D eigenvalue weighted by Crippen LogP contribution is 2.11. The van der Waals surface area contributed by atoms with Gasteiger partial charge in [-0.2, -0.15) is 0 Å². The highest BCUT2D eigenvalue weighted by Gasteiger charge is 2.09. The fraction of sp³-hybridized carbons (Fsp3) is 0.263. The van der Waals surface area contributed by atoms with E-state index in [0.29, 0.717) is 18.7 Å². The Morgan fingerprint density at radius 1 is 1.00 bits per heavy atom. The molecule has 2 rings (SSSR count). The van der Waals surface area contributed by atoms with Crippen LogP contribution in [-0.2, 0) is 4.79 Å². The molecule has 0 heterocycles. The lowest BCUT2D eigenvalue weighted by molar-refractivity contribution is -0.120. The summed E-state index contributed by atoms with van der Waals surface area (Å²) in [6.07, 6.45) is 0. The van der Waals surface area contributed by atoms with Gasteiger partial charge in [0.2, 0.25) is 5.91 Å². The van der Waals surface area contributed by atoms with Crippen LogP contribution >= 0.6 is 0 Å². The second kappa shape index (κ2) is 8.72. The second-order valence-electron chi connectivity index (χ2n) is 5.51. The Morgan fingerprint density at radius 3 is 2.54 bits per heavy atom. The van der Waals surface area contributed by atoms with Crippen LogP contribution < -0.4 is 15.4 Å². The van der Waals surface area contributed by atoms with Crippen LogP contribution in [0.2, 0.25) is 0 Å². The van der Waals surface area contributed by atoms with Crippen molar-refractivity contribution in [2.45, 2.75) is 13.8 Å². The first-order valence-electron chi connectivity index (χ1n) is 7.86. The van der Waals surface area contributed by atoms with E-state index in [1.165, 1.54) is 0 Å². The molecule has 2 amide bonds. The number of hydrogen-bond donors (Lipinski definition) is 2. The number of carbonyl (C=O) groups is 2. The maximum atomic E-state index is 12.0. The summed E-state index contributed by atoms with van der Waals surface area (Å²) in [5, 5.41) is 5.32. The first kappa shape index (κ1) is 17.5. The Kier molecular flexibility index (Phi) is 6.37. The van der Waals surface area contributed by atoms with E-state index >= 15 is 0 Å². The van der Waals surface area contributed by atoms with Gasteiger partial charge in [0.15, 0.2) is 0 Å². The molecule has 0 atom stereocenters. The third kappa shape index (κ3) is 5.43. The molecule has 0 aromatic heterocycles. The van der Waals surface area contributed by atoms with Gasteiger partial charge in [-0.3, -0.25) is 9.59 Å². The van der Waals surface area contributed by atoms with E-state index < -0.39 is 0 Å². The molecule has 0 bridgehead atoms. The average molecular weight is 326 g/mol. The first-order valence-corrected chi connectivity index (χ1v) is 7.86. The topological polar surface area (TPSA) is 67.4 Å². The summed E-state index contributed by atoms with van der Waals surface area (Å²) in [7, 11) is 0. The number of rotatable bonds is 7. The summed E-state index contributed by atoms with van der Waals surface area (Å²) in [5.41, 5.74) is 2.57. The van der Waals surface area contributed by atoms with Crippen LogP contribution in [-0.4, -0.2) is 31.5 Å². The van der Waals surface area contributed by atoms with Gasteiger partial charge in [0, 0.05) is 5.56 Å². The van der Waals surface area contributed by atoms with E-state index in [1.54, 1.807) is 12.1 Å². The fourth-order valence-corrected chi connectivity index (χ4v) is 2.21. The number of ether oxygens (including phenoxy) is 1. The molecule has 0 aliphatic rings. The van der Waals surface area contributed by atoms with Gasteiger partial charge in [0.1, 0.15) is 12.4 Å². The standard InChI is InChI=1S/C19H22N2O3/c1-14-6-5-8-16(12-14)24-11-10-20-18(22)13-21-19(23)17-9-4-3-7-15(17)2/h3-9,12H,10-11,13H2,1-2H3,(H,20,22)(H,21,23). The van der Waals surface area contributed by atoms with Crippen molar-refractivity contribution in [2.24, 2.45) is 0 Å². The molecular formula is C19H22N2O3. The van der Waals surface area contributed by atoms with Crippen molar-refractivity contribution in [1.82, 2.24) is 10.6 Å². The van der Waals surface area contributed by atoms with Crippen LogP contribution in [0, 0.1) is 13.8 Å². The van der Waals surface area contributed by atoms with Gasteiger partial charge in [-0.05, 0) is 43.2 Å². The number of amides is 2. The largest absolute Gasteiger partial charge is 0.492 e. The van der Waals surface area contributed by atoms with Crippen LogP contribution in [0.25, 0.3) is 0 Å². The van der Waals surface area contributed by atoms with E-state index in [9.17, 15) is 9.59 Å². The summed E-state index contributed by atoms with van der Waals surface area (Å²) in [6.45, 7) is 4.55. The molecule has 24 heavy (non-hydrogen) atoms. The summed E-state index contributed by atoms with van der Waals surface area (Å²) in [5.74, 6) is 0.279. The van der Waals surface area contributed by atoms with Gasteiger partial charge < -0.3 is 15.4 Å². The summed E-state index contributed by atoms with van der Waals surface area (Å²) < 4.78 is 5.55. The summed E-state index contributed by atoms with van der Waals surface area (Å²) in [6, 6.07) is 15.0. The first-order chi connectivity index (χ1) is 11.6. The lowest BCUT2D eigenvalue weighted by atomic mass is 10.1. The quantitative estimate of drug-likeness (QED) is 0.767. The maximum absolute atomic E-state index is 12.0. The van der Waals surface area contributed by atoms with Gasteiger partial charge in [0.25, 0.3) is 5.91 Å². The minimum Gasteiger partial charge on any atom is -0.492 e. The van der Waals surface area contributed by atoms with Crippen molar-refractivity contribution in [1.29, 1.82) is 0 Å². The SMILES string of the molecule is Cc1cccc(OCCNC(=O)CNC(=O)c2ccccc2C)c1. The molecule has 0 aliphatic heterocycles. The van der Waals surface area contributed by atoms with Crippen molar-refractivity contribution in [3.63, 3.8) is 0 Å². The van der Waals surface area contributed by atoms with Crippen molar-refractivity contribution < 1.29 is 14.3 Å². The normalized spacial score (nSPS) is 10.1. The fourth-order valence-electron chi connectivity index (χ4n) is 2.21. The van der Waals surface area contributed by atoms with Crippen molar-refractivity contribution in [3.8, 4) is 5.75 Å². The van der Waals surface area contributed by atoms with Crippen LogP contribution in [0.5, 0.6) is 5.75 Å². The smallest absolute Gasteiger partial charge is 0.251 e. The Hall–Kier alpha value is -2.82. The number of aryl methyl sites for hydroxylation is 2. The molecule has 0 spiro atoms. The minimum absolute atomic E-state index is 0.0579. The Balaban J connectivity index is 1.66. The number of benzene rings is 2. The van der Waals surface area contributed by atoms with E-state index in [2.05, 4.69) is 10.6 Å². The van der Waals surface area contributed by atoms with Crippen LogP contribution in [0.3, 0.4) is 0 Å². The zero-order chi connectivity index (χ0) is 17.4. The number of nitrogens with one attached hydrogen (secondary N) is 2. The summed E-state index contributed by atoms with van der Waals surface area (Å²) >= 11 is 0. The van der Waals surface area contributed by atoms with Gasteiger partial charge >= 0.3 is 0 Å². The van der Waals surface area contributed by atoms with Crippen LogP contribution in [0.15, 0.2) is 48.5 Å². The van der Waals surface area contributed by atoms with Gasteiger partial charge in [-0.1, -0.05) is 30.3 Å². The molecule has 126 valence electrons. The minimum atomic E-state index is -0.251. The molecule has 2 aromatic carbocycles. The molecule has 5 nitrogen and oxygen atoms in total. The predicted octanol–water partition coefficient (Wildman–Crippen LogP) is 2.23. The molecule has 0 saturated carbocycles. The molecule has 0 unspecified atom stereocenters. The lowest BCUT2D eigenvalue weighted by Crippen LogP contribution is -2.38. The zero-order valence-electron chi connectivity index (χ0n) is 14.0. The maximum Gasteiger partial charge on any atom is 0.251 e. The molecule has 0 radical (unpaired) electrons. The Labute approximate surface area is 142 Å². The Morgan fingerprint density at radius 2 is 1.79 bits per heavy atom. The molecule has 2 aromatic rings. The average Bonchev–Trinajstić information content (AvgIpc) is 2.57. The van der Waals surface area contributed by atoms with Gasteiger partial charge in [-0.15, -0.1) is 0 Å². The van der Waals surface area contributed by atoms with Crippen molar-refractivity contribution in [3.05, 3.63) is 65.2 Å². The molecule has 0 fully saturated rings. The van der Waals surface area contributed by atoms with Crippen molar-refractivity contribution >= 4 is 11.8 Å². The lowest BCUT2D eigenvalue weighted by Gasteiger charge is -2.09. The van der Waals surface area contributed by atoms with E-state index in [-0.39, 0.29) is 18.4 Å². The van der Waals surface area contributed by atoms with E-state index in [0.717, 1.165) is 16.9 Å². The summed E-state index contributed by atoms with van der Waals surface area (Å²) in [4.78, 5) is 23.7. The highest BCUT2D eigenvalue weighted by molar-refractivity contribution is 5.97. The second-order valence-corrected chi connectivity index (χ2v) is 5.51. The molecule has 0 aliphatic carbocycles. The van der Waals surface area contributed by atoms with E-state index in [4.69, 9.17) is 4.74 Å². The zero-order valence-corrected chi connectivity index (χ0v) is 14.0. The molecule has 0 saturated heterocycles.